The molecular weight excluding hydrogens is 164 g/mol. The number of rotatable bonds is 0. The summed E-state index contributed by atoms with van der Waals surface area (Å²) in [6, 6.07) is 0. The molecule has 0 aromatic rings. The molecule has 0 N–H and O–H groups in total. The summed E-state index contributed by atoms with van der Waals surface area (Å²) >= 11 is 0. The zero-order chi connectivity index (χ0) is 9.15. The molecular formula is C11H14O2. The van der Waals surface area contributed by atoms with E-state index in [1.165, 1.54) is 0 Å². The molecule has 2 rings (SSSR count). The maximum absolute atomic E-state index is 5.75. The third-order valence-corrected chi connectivity index (χ3v) is 2.51. The zero-order valence-electron chi connectivity index (χ0n) is 7.93. The van der Waals surface area contributed by atoms with Crippen LogP contribution in [0.4, 0.5) is 0 Å². The van der Waals surface area contributed by atoms with Gasteiger partial charge >= 0.3 is 0 Å². The Balaban J connectivity index is 2.03. The topological polar surface area (TPSA) is 18.5 Å². The average Bonchev–Trinajstić information content (AvgIpc) is 2.74. The van der Waals surface area contributed by atoms with Crippen LogP contribution in [0.5, 0.6) is 0 Å². The van der Waals surface area contributed by atoms with Gasteiger partial charge in [0.1, 0.15) is 5.76 Å². The Morgan fingerprint density at radius 1 is 1.46 bits per heavy atom. The van der Waals surface area contributed by atoms with Crippen LogP contribution < -0.4 is 0 Å². The second-order valence-corrected chi connectivity index (χ2v) is 3.47. The quantitative estimate of drug-likeness (QED) is 0.529. The molecule has 1 atom stereocenters. The van der Waals surface area contributed by atoms with Crippen LogP contribution in [0.15, 0.2) is 11.8 Å². The Bertz CT molecular complexity index is 274. The second-order valence-electron chi connectivity index (χ2n) is 3.47. The Morgan fingerprint density at radius 3 is 3.08 bits per heavy atom. The molecule has 2 heterocycles. The molecule has 1 unspecified atom stereocenters. The lowest BCUT2D eigenvalue weighted by atomic mass is 10.1. The summed E-state index contributed by atoms with van der Waals surface area (Å²) in [5.41, 5.74) is 0. The first-order valence-corrected chi connectivity index (χ1v) is 4.79. The fourth-order valence-electron chi connectivity index (χ4n) is 1.86. The maximum atomic E-state index is 5.75. The summed E-state index contributed by atoms with van der Waals surface area (Å²) in [4.78, 5) is 0. The van der Waals surface area contributed by atoms with Crippen LogP contribution in [0, 0.1) is 11.8 Å². The Hall–Kier alpha value is -0.940. The van der Waals surface area contributed by atoms with E-state index in [1.807, 2.05) is 13.0 Å². The summed E-state index contributed by atoms with van der Waals surface area (Å²) in [6.45, 7) is 2.67. The molecule has 70 valence electrons. The third-order valence-electron chi connectivity index (χ3n) is 2.51. The summed E-state index contributed by atoms with van der Waals surface area (Å²) in [5.74, 6) is 6.44. The maximum Gasteiger partial charge on any atom is 0.210 e. The van der Waals surface area contributed by atoms with Gasteiger partial charge in [-0.05, 0) is 13.3 Å². The molecule has 0 bridgehead atoms. The van der Waals surface area contributed by atoms with Crippen molar-refractivity contribution in [2.24, 2.45) is 0 Å². The van der Waals surface area contributed by atoms with Gasteiger partial charge in [0.05, 0.1) is 6.61 Å². The molecule has 0 aromatic heterocycles. The van der Waals surface area contributed by atoms with Gasteiger partial charge in [-0.15, -0.1) is 5.92 Å². The van der Waals surface area contributed by atoms with E-state index >= 15 is 0 Å². The number of ether oxygens (including phenoxy) is 2. The molecule has 2 fully saturated rings. The van der Waals surface area contributed by atoms with Crippen molar-refractivity contribution in [3.63, 3.8) is 0 Å². The van der Waals surface area contributed by atoms with Crippen LogP contribution in [0.1, 0.15) is 32.6 Å². The monoisotopic (exact) mass is 178 g/mol. The molecule has 0 amide bonds. The zero-order valence-corrected chi connectivity index (χ0v) is 7.93. The summed E-state index contributed by atoms with van der Waals surface area (Å²) < 4.78 is 11.3. The molecule has 0 saturated carbocycles. The highest BCUT2D eigenvalue weighted by atomic mass is 16.7. The van der Waals surface area contributed by atoms with Crippen LogP contribution in [-0.4, -0.2) is 12.4 Å². The van der Waals surface area contributed by atoms with Gasteiger partial charge < -0.3 is 9.47 Å². The van der Waals surface area contributed by atoms with Gasteiger partial charge in [-0.2, -0.15) is 0 Å². The minimum Gasteiger partial charge on any atom is -0.466 e. The lowest BCUT2D eigenvalue weighted by Gasteiger charge is -2.21. The highest BCUT2D eigenvalue weighted by molar-refractivity contribution is 5.19. The molecule has 0 aliphatic carbocycles. The van der Waals surface area contributed by atoms with E-state index in [0.717, 1.165) is 38.0 Å². The van der Waals surface area contributed by atoms with Gasteiger partial charge in [-0.3, -0.25) is 0 Å². The van der Waals surface area contributed by atoms with Gasteiger partial charge in [0.15, 0.2) is 0 Å². The van der Waals surface area contributed by atoms with E-state index < -0.39 is 0 Å². The fraction of sp³-hybridized carbons (Fsp3) is 0.636. The summed E-state index contributed by atoms with van der Waals surface area (Å²) in [6.07, 6.45) is 5.96. The minimum absolute atomic E-state index is 0.277. The number of hydrogen-bond donors (Lipinski definition) is 0. The molecule has 0 radical (unpaired) electrons. The highest BCUT2D eigenvalue weighted by Crippen LogP contribution is 2.40. The molecule has 13 heavy (non-hydrogen) atoms. The fourth-order valence-corrected chi connectivity index (χ4v) is 1.86. The van der Waals surface area contributed by atoms with Crippen molar-refractivity contribution in [1.82, 2.24) is 0 Å². The normalized spacial score (nSPS) is 34.7. The minimum atomic E-state index is -0.277. The Morgan fingerprint density at radius 2 is 2.38 bits per heavy atom. The molecule has 1 spiro atoms. The van der Waals surface area contributed by atoms with E-state index in [2.05, 4.69) is 11.8 Å². The van der Waals surface area contributed by atoms with Crippen molar-refractivity contribution in [2.45, 2.75) is 38.4 Å². The second kappa shape index (κ2) is 3.43. The highest BCUT2D eigenvalue weighted by Gasteiger charge is 2.42. The van der Waals surface area contributed by atoms with Crippen molar-refractivity contribution in [1.29, 1.82) is 0 Å². The van der Waals surface area contributed by atoms with Gasteiger partial charge in [0.25, 0.3) is 0 Å². The van der Waals surface area contributed by atoms with Crippen molar-refractivity contribution in [3.8, 4) is 11.8 Å². The summed E-state index contributed by atoms with van der Waals surface area (Å²) in [7, 11) is 0. The van der Waals surface area contributed by atoms with Crippen LogP contribution in [0.3, 0.4) is 0 Å². The average molecular weight is 178 g/mol. The van der Waals surface area contributed by atoms with Gasteiger partial charge in [-0.1, -0.05) is 5.92 Å². The van der Waals surface area contributed by atoms with Gasteiger partial charge in [0, 0.05) is 25.3 Å². The molecule has 2 aliphatic heterocycles. The predicted molar refractivity (Wildman–Crippen MR) is 49.8 cm³/mol. The lowest BCUT2D eigenvalue weighted by Crippen LogP contribution is -2.25. The van der Waals surface area contributed by atoms with Gasteiger partial charge in [0.2, 0.25) is 5.79 Å². The predicted octanol–water partition coefficient (Wildman–Crippen LogP) is 2.21. The largest absolute Gasteiger partial charge is 0.466 e. The number of hydrogen-bond acceptors (Lipinski definition) is 2. The standard InChI is InChI=1S/C11H14O2/c1-2-3-5-10-6-8-11(13-10)7-4-9-12-11/h5H,4,6-9H2,1H3/b10-5+. The van der Waals surface area contributed by atoms with Crippen LogP contribution in [0.25, 0.3) is 0 Å². The van der Waals surface area contributed by atoms with E-state index in [0.29, 0.717) is 0 Å². The SMILES string of the molecule is CC#C/C=C1\CCC2(CCCO2)O1. The van der Waals surface area contributed by atoms with Crippen molar-refractivity contribution in [3.05, 3.63) is 11.8 Å². The lowest BCUT2D eigenvalue weighted by molar-refractivity contribution is -0.162. The van der Waals surface area contributed by atoms with E-state index in [4.69, 9.17) is 9.47 Å². The molecule has 2 nitrogen and oxygen atoms in total. The first-order chi connectivity index (χ1) is 6.35. The van der Waals surface area contributed by atoms with Crippen LogP contribution in [0.2, 0.25) is 0 Å². The van der Waals surface area contributed by atoms with Crippen molar-refractivity contribution < 1.29 is 9.47 Å². The Labute approximate surface area is 78.9 Å². The third kappa shape index (κ3) is 1.71. The molecule has 2 heteroatoms. The first kappa shape index (κ1) is 8.65. The van der Waals surface area contributed by atoms with Crippen molar-refractivity contribution in [2.75, 3.05) is 6.61 Å². The molecule has 2 aliphatic rings. The van der Waals surface area contributed by atoms with E-state index in [1.54, 1.807) is 0 Å². The van der Waals surface area contributed by atoms with Crippen LogP contribution >= 0.6 is 0 Å². The van der Waals surface area contributed by atoms with Gasteiger partial charge in [-0.25, -0.2) is 0 Å². The molecule has 2 saturated heterocycles. The molecule has 0 aromatic carbocycles. The first-order valence-electron chi connectivity index (χ1n) is 4.79. The van der Waals surface area contributed by atoms with E-state index in [-0.39, 0.29) is 5.79 Å². The van der Waals surface area contributed by atoms with Crippen LogP contribution in [-0.2, 0) is 9.47 Å². The number of allylic oxidation sites excluding steroid dienone is 2. The smallest absolute Gasteiger partial charge is 0.210 e. The summed E-state index contributed by atoms with van der Waals surface area (Å²) in [5, 5.41) is 0. The Kier molecular flexibility index (Phi) is 2.28. The van der Waals surface area contributed by atoms with Crippen molar-refractivity contribution >= 4 is 0 Å². The van der Waals surface area contributed by atoms with E-state index in [9.17, 15) is 0 Å².